The lowest BCUT2D eigenvalue weighted by Gasteiger charge is -2.28. The zero-order valence-corrected chi connectivity index (χ0v) is 18.3. The van der Waals surface area contributed by atoms with Crippen LogP contribution in [-0.2, 0) is 17.8 Å². The van der Waals surface area contributed by atoms with Crippen molar-refractivity contribution in [1.29, 1.82) is 0 Å². The molecule has 0 radical (unpaired) electrons. The van der Waals surface area contributed by atoms with Crippen molar-refractivity contribution >= 4 is 34.2 Å². The lowest BCUT2D eigenvalue weighted by molar-refractivity contribution is -0.384. The molecule has 0 aromatic heterocycles. The molecule has 0 saturated heterocycles. The molecule has 2 N–H and O–H groups in total. The summed E-state index contributed by atoms with van der Waals surface area (Å²) < 4.78 is 0. The van der Waals surface area contributed by atoms with Gasteiger partial charge in [-0.1, -0.05) is 43.3 Å². The van der Waals surface area contributed by atoms with E-state index in [4.69, 9.17) is 0 Å². The second-order valence-electron chi connectivity index (χ2n) is 8.28. The Hall–Kier alpha value is -3.97. The summed E-state index contributed by atoms with van der Waals surface area (Å²) in [6.45, 7) is 5.18. The second kappa shape index (κ2) is 8.52. The highest BCUT2D eigenvalue weighted by molar-refractivity contribution is 6.37. The first-order valence-corrected chi connectivity index (χ1v) is 11.0. The summed E-state index contributed by atoms with van der Waals surface area (Å²) >= 11 is 0. The Kier molecular flexibility index (Phi) is 5.40. The topological polar surface area (TPSA) is 87.5 Å². The average Bonchev–Trinajstić information content (AvgIpc) is 3.17. The van der Waals surface area contributed by atoms with Crippen molar-refractivity contribution in [2.24, 2.45) is 0 Å². The number of anilines is 2. The van der Waals surface area contributed by atoms with Crippen molar-refractivity contribution in [2.75, 3.05) is 23.7 Å². The van der Waals surface area contributed by atoms with Crippen LogP contribution in [0.5, 0.6) is 0 Å². The van der Waals surface area contributed by atoms with E-state index in [1.165, 1.54) is 23.3 Å². The standard InChI is InChI=1S/C26H24N4O3/c1-2-29-13-12-18-14-20(9-8-19(18)16-29)27-25(17-6-4-3-5-7-17)24-22-15-21(30(32)33)10-11-23(22)28-26(24)31/h3-11,14-15,27H,2,12-13,16H2,1H3,(H,28,31)/b25-24-. The zero-order chi connectivity index (χ0) is 22.9. The minimum atomic E-state index is -0.445. The van der Waals surface area contributed by atoms with Crippen molar-refractivity contribution in [3.63, 3.8) is 0 Å². The number of non-ortho nitro benzene ring substituents is 1. The predicted octanol–water partition coefficient (Wildman–Crippen LogP) is 4.91. The molecule has 7 nitrogen and oxygen atoms in total. The van der Waals surface area contributed by atoms with Gasteiger partial charge in [0.05, 0.1) is 16.2 Å². The minimum absolute atomic E-state index is 0.0515. The summed E-state index contributed by atoms with van der Waals surface area (Å²) in [5.41, 5.74) is 6.40. The van der Waals surface area contributed by atoms with E-state index in [1.807, 2.05) is 36.4 Å². The molecular weight excluding hydrogens is 416 g/mol. The van der Waals surface area contributed by atoms with Gasteiger partial charge in [0.25, 0.3) is 11.6 Å². The normalized spacial score (nSPS) is 16.6. The lowest BCUT2D eigenvalue weighted by Crippen LogP contribution is -2.30. The molecule has 2 aliphatic rings. The van der Waals surface area contributed by atoms with Gasteiger partial charge < -0.3 is 10.6 Å². The van der Waals surface area contributed by atoms with Gasteiger partial charge in [-0.15, -0.1) is 0 Å². The molecule has 2 heterocycles. The summed E-state index contributed by atoms with van der Waals surface area (Å²) in [6.07, 6.45) is 0.978. The van der Waals surface area contributed by atoms with Crippen LogP contribution in [0.4, 0.5) is 17.1 Å². The number of rotatable bonds is 5. The summed E-state index contributed by atoms with van der Waals surface area (Å²) in [5, 5.41) is 17.7. The number of benzene rings is 3. The Balaban J connectivity index is 1.61. The van der Waals surface area contributed by atoms with Crippen molar-refractivity contribution in [1.82, 2.24) is 4.90 Å². The van der Waals surface area contributed by atoms with Gasteiger partial charge in [0, 0.05) is 42.2 Å². The molecule has 0 spiro atoms. The van der Waals surface area contributed by atoms with Crippen LogP contribution in [0.15, 0.2) is 66.7 Å². The van der Waals surface area contributed by atoms with Crippen LogP contribution < -0.4 is 10.6 Å². The second-order valence-corrected chi connectivity index (χ2v) is 8.28. The van der Waals surface area contributed by atoms with Gasteiger partial charge in [-0.25, -0.2) is 0 Å². The molecule has 33 heavy (non-hydrogen) atoms. The fraction of sp³-hybridized carbons (Fsp3) is 0.192. The third-order valence-electron chi connectivity index (χ3n) is 6.29. The lowest BCUT2D eigenvalue weighted by atomic mass is 9.97. The molecule has 0 aliphatic carbocycles. The Morgan fingerprint density at radius 3 is 2.67 bits per heavy atom. The van der Waals surface area contributed by atoms with E-state index in [1.54, 1.807) is 6.07 Å². The summed E-state index contributed by atoms with van der Waals surface area (Å²) in [5.74, 6) is -0.284. The van der Waals surface area contributed by atoms with E-state index in [2.05, 4.69) is 34.6 Å². The van der Waals surface area contributed by atoms with Crippen LogP contribution in [0.2, 0.25) is 0 Å². The number of carbonyl (C=O) groups is 1. The van der Waals surface area contributed by atoms with Gasteiger partial charge >= 0.3 is 0 Å². The highest BCUT2D eigenvalue weighted by Gasteiger charge is 2.30. The van der Waals surface area contributed by atoms with Crippen LogP contribution in [0.3, 0.4) is 0 Å². The van der Waals surface area contributed by atoms with E-state index in [9.17, 15) is 14.9 Å². The molecule has 0 saturated carbocycles. The molecule has 0 atom stereocenters. The molecule has 0 bridgehead atoms. The van der Waals surface area contributed by atoms with Crippen LogP contribution in [0, 0.1) is 10.1 Å². The first kappa shape index (κ1) is 20.9. The van der Waals surface area contributed by atoms with Gasteiger partial charge in [0.2, 0.25) is 0 Å². The quantitative estimate of drug-likeness (QED) is 0.335. The Morgan fingerprint density at radius 1 is 1.09 bits per heavy atom. The maximum Gasteiger partial charge on any atom is 0.270 e. The first-order chi connectivity index (χ1) is 16.0. The fourth-order valence-electron chi connectivity index (χ4n) is 4.50. The van der Waals surface area contributed by atoms with E-state index >= 15 is 0 Å². The number of hydrogen-bond donors (Lipinski definition) is 2. The highest BCUT2D eigenvalue weighted by Crippen LogP contribution is 2.39. The number of likely N-dealkylation sites (N-methyl/N-ethyl adjacent to an activating group) is 1. The van der Waals surface area contributed by atoms with Gasteiger partial charge in [-0.2, -0.15) is 0 Å². The molecule has 7 heteroatoms. The largest absolute Gasteiger partial charge is 0.354 e. The highest BCUT2D eigenvalue weighted by atomic mass is 16.6. The Morgan fingerprint density at radius 2 is 1.91 bits per heavy atom. The van der Waals surface area contributed by atoms with E-state index < -0.39 is 4.92 Å². The molecular formula is C26H24N4O3. The molecule has 0 unspecified atom stereocenters. The SMILES string of the molecule is CCN1CCc2cc(N/C(=C3\C(=O)Nc4ccc([N+](=O)[O-])cc43)c3ccccc3)ccc2C1. The molecule has 5 rings (SSSR count). The minimum Gasteiger partial charge on any atom is -0.354 e. The smallest absolute Gasteiger partial charge is 0.270 e. The number of nitro groups is 1. The van der Waals surface area contributed by atoms with Gasteiger partial charge in [-0.3, -0.25) is 19.8 Å². The van der Waals surface area contributed by atoms with Crippen molar-refractivity contribution in [3.8, 4) is 0 Å². The van der Waals surface area contributed by atoms with E-state index in [-0.39, 0.29) is 11.6 Å². The monoisotopic (exact) mass is 440 g/mol. The fourth-order valence-corrected chi connectivity index (χ4v) is 4.50. The van der Waals surface area contributed by atoms with Gasteiger partial charge in [-0.05, 0) is 47.9 Å². The van der Waals surface area contributed by atoms with Crippen LogP contribution in [0.1, 0.15) is 29.2 Å². The molecule has 3 aromatic rings. The zero-order valence-electron chi connectivity index (χ0n) is 18.3. The number of nitrogens with zero attached hydrogens (tertiary/aromatic N) is 2. The number of nitrogens with one attached hydrogen (secondary N) is 2. The van der Waals surface area contributed by atoms with Gasteiger partial charge in [0.15, 0.2) is 0 Å². The Labute approximate surface area is 191 Å². The maximum atomic E-state index is 13.0. The van der Waals surface area contributed by atoms with Crippen molar-refractivity contribution in [2.45, 2.75) is 19.9 Å². The summed E-state index contributed by atoms with van der Waals surface area (Å²) in [7, 11) is 0. The first-order valence-electron chi connectivity index (χ1n) is 11.0. The molecule has 0 fully saturated rings. The molecule has 3 aromatic carbocycles. The van der Waals surface area contributed by atoms with E-state index in [0.29, 0.717) is 22.5 Å². The molecule has 1 amide bonds. The van der Waals surface area contributed by atoms with Crippen LogP contribution in [-0.4, -0.2) is 28.8 Å². The molecule has 166 valence electrons. The van der Waals surface area contributed by atoms with Gasteiger partial charge in [0.1, 0.15) is 0 Å². The predicted molar refractivity (Wildman–Crippen MR) is 130 cm³/mol. The Bertz CT molecular complexity index is 1280. The maximum absolute atomic E-state index is 13.0. The number of nitro benzene ring substituents is 1. The summed E-state index contributed by atoms with van der Waals surface area (Å²) in [6, 6.07) is 20.3. The molecule has 2 aliphatic heterocycles. The van der Waals surface area contributed by atoms with Crippen LogP contribution in [0.25, 0.3) is 11.3 Å². The number of carbonyl (C=O) groups excluding carboxylic acids is 1. The number of hydrogen-bond acceptors (Lipinski definition) is 5. The van der Waals surface area contributed by atoms with Crippen molar-refractivity contribution in [3.05, 3.63) is 99.1 Å². The summed E-state index contributed by atoms with van der Waals surface area (Å²) in [4.78, 5) is 26.4. The van der Waals surface area contributed by atoms with Crippen molar-refractivity contribution < 1.29 is 9.72 Å². The third-order valence-corrected chi connectivity index (χ3v) is 6.29. The average molecular weight is 441 g/mol. The number of fused-ring (bicyclic) bond motifs is 2. The number of amides is 1. The van der Waals surface area contributed by atoms with E-state index in [0.717, 1.165) is 37.3 Å². The van der Waals surface area contributed by atoms with Crippen LogP contribution >= 0.6 is 0 Å². The third kappa shape index (κ3) is 3.99.